The predicted octanol–water partition coefficient (Wildman–Crippen LogP) is 2.76. The van der Waals surface area contributed by atoms with E-state index in [0.717, 1.165) is 0 Å². The first-order valence-corrected chi connectivity index (χ1v) is 8.05. The van der Waals surface area contributed by atoms with E-state index in [2.05, 4.69) is 15.6 Å². The minimum atomic E-state index is -0.478. The lowest BCUT2D eigenvalue weighted by molar-refractivity contribution is 0.0519. The zero-order valence-corrected chi connectivity index (χ0v) is 14.2. The fourth-order valence-electron chi connectivity index (χ4n) is 1.73. The molecule has 120 valence electrons. The highest BCUT2D eigenvalue weighted by molar-refractivity contribution is 7.80. The molecule has 0 aliphatic heterocycles. The Bertz CT molecular complexity index is 729. The average molecular weight is 349 g/mol. The Balaban J connectivity index is 1.99. The van der Waals surface area contributed by atoms with Crippen molar-refractivity contribution in [3.63, 3.8) is 0 Å². The van der Waals surface area contributed by atoms with Crippen LogP contribution in [-0.2, 0) is 4.74 Å². The van der Waals surface area contributed by atoms with Gasteiger partial charge in [-0.3, -0.25) is 10.1 Å². The molecule has 0 saturated carbocycles. The molecular weight excluding hydrogens is 334 g/mol. The number of hydrogen-bond acceptors (Lipinski definition) is 6. The SMILES string of the molecule is CCOC(=O)c1nc(NC(=S)NC(=O)c2ccccc2)sc1C. The van der Waals surface area contributed by atoms with Crippen LogP contribution in [0.25, 0.3) is 0 Å². The second-order valence-corrected chi connectivity index (χ2v) is 6.03. The van der Waals surface area contributed by atoms with Crippen molar-refractivity contribution in [2.75, 3.05) is 11.9 Å². The third kappa shape index (κ3) is 4.57. The van der Waals surface area contributed by atoms with Crippen LogP contribution in [0.3, 0.4) is 0 Å². The molecule has 0 unspecified atom stereocenters. The Morgan fingerprint density at radius 2 is 2.00 bits per heavy atom. The lowest BCUT2D eigenvalue weighted by atomic mass is 10.2. The number of amides is 1. The standard InChI is InChI=1S/C15H15N3O3S2/c1-3-21-13(20)11-9(2)23-15(16-11)18-14(22)17-12(19)10-7-5-4-6-8-10/h4-8H,3H2,1-2H3,(H2,16,17,18,19,22). The van der Waals surface area contributed by atoms with E-state index in [1.165, 1.54) is 11.3 Å². The number of aryl methyl sites for hydroxylation is 1. The van der Waals surface area contributed by atoms with E-state index < -0.39 is 5.97 Å². The summed E-state index contributed by atoms with van der Waals surface area (Å²) >= 11 is 6.35. The third-order valence-corrected chi connectivity index (χ3v) is 3.84. The van der Waals surface area contributed by atoms with Gasteiger partial charge in [0.25, 0.3) is 5.91 Å². The Morgan fingerprint density at radius 3 is 2.65 bits per heavy atom. The largest absolute Gasteiger partial charge is 0.461 e. The fourth-order valence-corrected chi connectivity index (χ4v) is 2.79. The number of hydrogen-bond donors (Lipinski definition) is 2. The first-order valence-electron chi connectivity index (χ1n) is 6.83. The molecule has 0 radical (unpaired) electrons. The molecule has 1 heterocycles. The van der Waals surface area contributed by atoms with Crippen LogP contribution in [-0.4, -0.2) is 28.6 Å². The predicted molar refractivity (Wildman–Crippen MR) is 92.9 cm³/mol. The highest BCUT2D eigenvalue weighted by Crippen LogP contribution is 2.22. The normalized spacial score (nSPS) is 10.0. The van der Waals surface area contributed by atoms with Gasteiger partial charge < -0.3 is 10.1 Å². The Labute approximate surface area is 142 Å². The van der Waals surface area contributed by atoms with Crippen molar-refractivity contribution < 1.29 is 14.3 Å². The van der Waals surface area contributed by atoms with E-state index in [-0.39, 0.29) is 23.3 Å². The van der Waals surface area contributed by atoms with Gasteiger partial charge >= 0.3 is 5.97 Å². The Hall–Kier alpha value is -2.32. The summed E-state index contributed by atoms with van der Waals surface area (Å²) in [6.07, 6.45) is 0. The van der Waals surface area contributed by atoms with E-state index >= 15 is 0 Å². The van der Waals surface area contributed by atoms with Gasteiger partial charge in [0, 0.05) is 10.4 Å². The van der Waals surface area contributed by atoms with E-state index in [9.17, 15) is 9.59 Å². The van der Waals surface area contributed by atoms with Crippen LogP contribution in [0.5, 0.6) is 0 Å². The number of esters is 1. The maximum atomic E-state index is 12.0. The van der Waals surface area contributed by atoms with Crippen molar-refractivity contribution in [3.05, 3.63) is 46.5 Å². The molecule has 0 saturated heterocycles. The summed E-state index contributed by atoms with van der Waals surface area (Å²) in [5, 5.41) is 5.89. The van der Waals surface area contributed by atoms with E-state index in [4.69, 9.17) is 17.0 Å². The number of aromatic nitrogens is 1. The van der Waals surface area contributed by atoms with Crippen molar-refractivity contribution in [1.82, 2.24) is 10.3 Å². The summed E-state index contributed by atoms with van der Waals surface area (Å²) in [7, 11) is 0. The summed E-state index contributed by atoms with van der Waals surface area (Å²) in [6, 6.07) is 8.72. The quantitative estimate of drug-likeness (QED) is 0.653. The molecule has 0 aliphatic rings. The topological polar surface area (TPSA) is 80.3 Å². The number of nitrogens with zero attached hydrogens (tertiary/aromatic N) is 1. The summed E-state index contributed by atoms with van der Waals surface area (Å²) in [5.74, 6) is -0.796. The van der Waals surface area contributed by atoms with Crippen molar-refractivity contribution in [2.24, 2.45) is 0 Å². The van der Waals surface area contributed by atoms with Gasteiger partial charge in [-0.15, -0.1) is 11.3 Å². The first kappa shape index (κ1) is 17.0. The van der Waals surface area contributed by atoms with E-state index in [1.807, 2.05) is 6.07 Å². The molecule has 0 fully saturated rings. The maximum Gasteiger partial charge on any atom is 0.358 e. The third-order valence-electron chi connectivity index (χ3n) is 2.75. The smallest absolute Gasteiger partial charge is 0.358 e. The molecule has 1 aromatic carbocycles. The van der Waals surface area contributed by atoms with Crippen LogP contribution < -0.4 is 10.6 Å². The highest BCUT2D eigenvalue weighted by Gasteiger charge is 2.17. The molecule has 6 nitrogen and oxygen atoms in total. The number of carbonyl (C=O) groups is 2. The fraction of sp³-hybridized carbons (Fsp3) is 0.200. The van der Waals surface area contributed by atoms with Crippen LogP contribution >= 0.6 is 23.6 Å². The van der Waals surface area contributed by atoms with Crippen LogP contribution in [0.2, 0.25) is 0 Å². The molecule has 0 spiro atoms. The van der Waals surface area contributed by atoms with Crippen LogP contribution in [0, 0.1) is 6.92 Å². The minimum absolute atomic E-state index is 0.114. The van der Waals surface area contributed by atoms with Crippen molar-refractivity contribution in [1.29, 1.82) is 0 Å². The molecular formula is C15H15N3O3S2. The van der Waals surface area contributed by atoms with Gasteiger partial charge in [0.2, 0.25) is 0 Å². The van der Waals surface area contributed by atoms with Gasteiger partial charge in [-0.05, 0) is 38.2 Å². The summed E-state index contributed by atoms with van der Waals surface area (Å²) in [6.45, 7) is 3.78. The first-order chi connectivity index (χ1) is 11.0. The monoisotopic (exact) mass is 349 g/mol. The minimum Gasteiger partial charge on any atom is -0.461 e. The Morgan fingerprint density at radius 1 is 1.30 bits per heavy atom. The molecule has 0 bridgehead atoms. The van der Waals surface area contributed by atoms with E-state index in [0.29, 0.717) is 15.6 Å². The summed E-state index contributed by atoms with van der Waals surface area (Å²) < 4.78 is 4.92. The average Bonchev–Trinajstić information content (AvgIpc) is 2.88. The van der Waals surface area contributed by atoms with E-state index in [1.54, 1.807) is 38.1 Å². The van der Waals surface area contributed by atoms with Gasteiger partial charge in [-0.2, -0.15) is 0 Å². The number of thiocarbonyl (C=S) groups is 1. The summed E-state index contributed by atoms with van der Waals surface area (Å²) in [5.41, 5.74) is 0.746. The van der Waals surface area contributed by atoms with Crippen molar-refractivity contribution >= 4 is 45.7 Å². The van der Waals surface area contributed by atoms with Gasteiger partial charge in [0.15, 0.2) is 15.9 Å². The number of carbonyl (C=O) groups excluding carboxylic acids is 2. The number of thiazole rings is 1. The second kappa shape index (κ2) is 7.80. The van der Waals surface area contributed by atoms with Gasteiger partial charge in [-0.25, -0.2) is 9.78 Å². The second-order valence-electron chi connectivity index (χ2n) is 4.42. The zero-order valence-electron chi connectivity index (χ0n) is 12.6. The lowest BCUT2D eigenvalue weighted by Crippen LogP contribution is -2.34. The maximum absolute atomic E-state index is 12.0. The summed E-state index contributed by atoms with van der Waals surface area (Å²) in [4.78, 5) is 28.6. The number of benzene rings is 1. The van der Waals surface area contributed by atoms with Crippen molar-refractivity contribution in [2.45, 2.75) is 13.8 Å². The molecule has 8 heteroatoms. The number of nitrogens with one attached hydrogen (secondary N) is 2. The number of ether oxygens (including phenoxy) is 1. The molecule has 2 rings (SSSR count). The Kier molecular flexibility index (Phi) is 5.78. The molecule has 1 amide bonds. The van der Waals surface area contributed by atoms with Crippen LogP contribution in [0.1, 0.15) is 32.6 Å². The van der Waals surface area contributed by atoms with Gasteiger partial charge in [0.05, 0.1) is 6.61 Å². The number of rotatable bonds is 4. The van der Waals surface area contributed by atoms with Crippen LogP contribution in [0.15, 0.2) is 30.3 Å². The van der Waals surface area contributed by atoms with Crippen molar-refractivity contribution in [3.8, 4) is 0 Å². The van der Waals surface area contributed by atoms with Gasteiger partial charge in [0.1, 0.15) is 0 Å². The molecule has 23 heavy (non-hydrogen) atoms. The molecule has 0 aliphatic carbocycles. The number of anilines is 1. The van der Waals surface area contributed by atoms with Crippen LogP contribution in [0.4, 0.5) is 5.13 Å². The molecule has 0 atom stereocenters. The lowest BCUT2D eigenvalue weighted by Gasteiger charge is -2.06. The molecule has 2 aromatic rings. The van der Waals surface area contributed by atoms with Gasteiger partial charge in [-0.1, -0.05) is 18.2 Å². The molecule has 1 aromatic heterocycles. The zero-order chi connectivity index (χ0) is 16.8. The molecule has 2 N–H and O–H groups in total. The highest BCUT2D eigenvalue weighted by atomic mass is 32.1.